The van der Waals surface area contributed by atoms with Crippen molar-refractivity contribution in [3.8, 4) is 0 Å². The number of anilines is 1. The van der Waals surface area contributed by atoms with Crippen LogP contribution in [0.25, 0.3) is 0 Å². The Labute approximate surface area is 141 Å². The number of aliphatic hydroxyl groups is 1. The molecule has 1 unspecified atom stereocenters. The zero-order chi connectivity index (χ0) is 16.8. The van der Waals surface area contributed by atoms with Crippen LogP contribution in [0.15, 0.2) is 24.3 Å². The van der Waals surface area contributed by atoms with E-state index < -0.39 is 6.10 Å². The Bertz CT molecular complexity index is 545. The molecule has 126 valence electrons. The van der Waals surface area contributed by atoms with E-state index >= 15 is 0 Å². The highest BCUT2D eigenvalue weighted by molar-refractivity contribution is 6.30. The number of hydrogen-bond acceptors (Lipinski definition) is 3. The molecular weight excluding hydrogens is 316 g/mol. The Morgan fingerprint density at radius 3 is 2.30 bits per heavy atom. The second-order valence-corrected chi connectivity index (χ2v) is 6.52. The van der Waals surface area contributed by atoms with Crippen LogP contribution < -0.4 is 10.6 Å². The zero-order valence-electron chi connectivity index (χ0n) is 13.2. The van der Waals surface area contributed by atoms with E-state index in [1.54, 1.807) is 31.2 Å². The lowest BCUT2D eigenvalue weighted by atomic mass is 9.78. The summed E-state index contributed by atoms with van der Waals surface area (Å²) in [5.74, 6) is -0.964. The summed E-state index contributed by atoms with van der Waals surface area (Å²) in [6.07, 6.45) is 2.69. The fourth-order valence-corrected chi connectivity index (χ4v) is 3.03. The van der Waals surface area contributed by atoms with Crippen LogP contribution in [-0.2, 0) is 9.59 Å². The number of carbonyl (C=O) groups is 2. The maximum atomic E-state index is 12.5. The van der Waals surface area contributed by atoms with Gasteiger partial charge in [-0.3, -0.25) is 9.59 Å². The second-order valence-electron chi connectivity index (χ2n) is 6.09. The van der Waals surface area contributed by atoms with Gasteiger partial charge in [0.15, 0.2) is 0 Å². The van der Waals surface area contributed by atoms with Crippen LogP contribution in [0.3, 0.4) is 0 Å². The van der Waals surface area contributed by atoms with Gasteiger partial charge >= 0.3 is 0 Å². The Kier molecular flexibility index (Phi) is 6.42. The molecule has 0 heterocycles. The molecule has 23 heavy (non-hydrogen) atoms. The highest BCUT2D eigenvalue weighted by atomic mass is 35.5. The molecule has 0 radical (unpaired) electrons. The lowest BCUT2D eigenvalue weighted by molar-refractivity contribution is -0.134. The molecule has 6 heteroatoms. The van der Waals surface area contributed by atoms with Gasteiger partial charge in [0.1, 0.15) is 0 Å². The van der Waals surface area contributed by atoms with Gasteiger partial charge in [-0.15, -0.1) is 0 Å². The number of amides is 2. The van der Waals surface area contributed by atoms with E-state index in [0.717, 1.165) is 12.8 Å². The lowest BCUT2D eigenvalue weighted by Crippen LogP contribution is -2.43. The lowest BCUT2D eigenvalue weighted by Gasteiger charge is -2.29. The van der Waals surface area contributed by atoms with Gasteiger partial charge in [0.05, 0.1) is 6.10 Å². The second kappa shape index (κ2) is 8.31. The first kappa shape index (κ1) is 17.8. The van der Waals surface area contributed by atoms with Gasteiger partial charge in [0.25, 0.3) is 0 Å². The average Bonchev–Trinajstić information content (AvgIpc) is 2.54. The fraction of sp³-hybridized carbons (Fsp3) is 0.529. The number of rotatable bonds is 5. The molecule has 0 aromatic heterocycles. The van der Waals surface area contributed by atoms with E-state index in [0.29, 0.717) is 23.6 Å². The molecule has 2 rings (SSSR count). The predicted molar refractivity (Wildman–Crippen MR) is 90.2 cm³/mol. The summed E-state index contributed by atoms with van der Waals surface area (Å²) in [6.45, 7) is 1.83. The molecule has 1 aromatic rings. The Morgan fingerprint density at radius 2 is 1.74 bits per heavy atom. The fourth-order valence-electron chi connectivity index (χ4n) is 2.91. The minimum absolute atomic E-state index is 0.135. The van der Waals surface area contributed by atoms with Gasteiger partial charge in [-0.25, -0.2) is 0 Å². The van der Waals surface area contributed by atoms with Crippen LogP contribution in [0.1, 0.15) is 32.6 Å². The first-order valence-corrected chi connectivity index (χ1v) is 8.37. The van der Waals surface area contributed by atoms with Crippen LogP contribution in [-0.4, -0.2) is 29.6 Å². The number of carbonyl (C=O) groups excluding carboxylic acids is 2. The van der Waals surface area contributed by atoms with Crippen molar-refractivity contribution in [2.24, 2.45) is 11.8 Å². The normalized spacial score (nSPS) is 22.2. The zero-order valence-corrected chi connectivity index (χ0v) is 14.0. The van der Waals surface area contributed by atoms with Crippen molar-refractivity contribution in [3.05, 3.63) is 29.3 Å². The third-order valence-corrected chi connectivity index (χ3v) is 4.37. The molecule has 2 amide bonds. The van der Waals surface area contributed by atoms with Crippen LogP contribution in [0.5, 0.6) is 0 Å². The first-order chi connectivity index (χ1) is 11.0. The van der Waals surface area contributed by atoms with Crippen LogP contribution in [0.4, 0.5) is 5.69 Å². The first-order valence-electron chi connectivity index (χ1n) is 7.99. The molecular formula is C17H23ClN2O3. The molecule has 5 nitrogen and oxygen atoms in total. The number of aliphatic hydroxyl groups excluding tert-OH is 1. The highest BCUT2D eigenvalue weighted by Gasteiger charge is 2.35. The minimum atomic E-state index is -0.594. The molecule has 1 aliphatic rings. The molecule has 1 aliphatic carbocycles. The summed E-state index contributed by atoms with van der Waals surface area (Å²) in [4.78, 5) is 24.8. The topological polar surface area (TPSA) is 78.4 Å². The van der Waals surface area contributed by atoms with E-state index in [1.807, 2.05) is 0 Å². The third-order valence-electron chi connectivity index (χ3n) is 4.12. The molecule has 1 fully saturated rings. The maximum Gasteiger partial charge on any atom is 0.228 e. The molecule has 0 aliphatic heterocycles. The molecule has 3 atom stereocenters. The molecule has 0 spiro atoms. The van der Waals surface area contributed by atoms with Crippen molar-refractivity contribution < 1.29 is 14.7 Å². The quantitative estimate of drug-likeness (QED) is 0.772. The maximum absolute atomic E-state index is 12.5. The number of nitrogens with one attached hydrogen (secondary N) is 2. The van der Waals surface area contributed by atoms with Crippen LogP contribution >= 0.6 is 11.6 Å². The van der Waals surface area contributed by atoms with Crippen molar-refractivity contribution in [2.45, 2.75) is 38.7 Å². The summed E-state index contributed by atoms with van der Waals surface area (Å²) in [5, 5.41) is 15.5. The SMILES string of the molecule is CC(O)CNC(=O)[C@@H]1CCCC[C@@H]1C(=O)Nc1ccc(Cl)cc1. The van der Waals surface area contributed by atoms with Gasteiger partial charge in [-0.05, 0) is 44.0 Å². The van der Waals surface area contributed by atoms with Gasteiger partial charge in [0.2, 0.25) is 11.8 Å². The highest BCUT2D eigenvalue weighted by Crippen LogP contribution is 2.31. The third kappa shape index (κ3) is 5.22. The standard InChI is InChI=1S/C17H23ClN2O3/c1-11(21)10-19-16(22)14-4-2-3-5-15(14)17(23)20-13-8-6-12(18)7-9-13/h6-9,11,14-15,21H,2-5,10H2,1H3,(H,19,22)(H,20,23)/t11?,14-,15+/m1/s1. The van der Waals surface area contributed by atoms with E-state index in [9.17, 15) is 14.7 Å². The van der Waals surface area contributed by atoms with Gasteiger partial charge in [-0.2, -0.15) is 0 Å². The van der Waals surface area contributed by atoms with Crippen molar-refractivity contribution in [1.82, 2.24) is 5.32 Å². The summed E-state index contributed by atoms with van der Waals surface area (Å²) < 4.78 is 0. The average molecular weight is 339 g/mol. The van der Waals surface area contributed by atoms with Crippen LogP contribution in [0.2, 0.25) is 5.02 Å². The van der Waals surface area contributed by atoms with Crippen LogP contribution in [0, 0.1) is 11.8 Å². The number of hydrogen-bond donors (Lipinski definition) is 3. The number of benzene rings is 1. The van der Waals surface area contributed by atoms with Gasteiger partial charge in [0, 0.05) is 29.1 Å². The van der Waals surface area contributed by atoms with E-state index in [1.165, 1.54) is 0 Å². The molecule has 0 bridgehead atoms. The van der Waals surface area contributed by atoms with Gasteiger partial charge in [-0.1, -0.05) is 24.4 Å². The Hall–Kier alpha value is -1.59. The Morgan fingerprint density at radius 1 is 1.17 bits per heavy atom. The van der Waals surface area contributed by atoms with E-state index in [2.05, 4.69) is 10.6 Å². The Balaban J connectivity index is 2.00. The smallest absolute Gasteiger partial charge is 0.228 e. The van der Waals surface area contributed by atoms with Crippen molar-refractivity contribution in [3.63, 3.8) is 0 Å². The largest absolute Gasteiger partial charge is 0.392 e. The summed E-state index contributed by atoms with van der Waals surface area (Å²) in [7, 11) is 0. The van der Waals surface area contributed by atoms with Crippen molar-refractivity contribution in [1.29, 1.82) is 0 Å². The monoisotopic (exact) mass is 338 g/mol. The molecule has 0 saturated heterocycles. The minimum Gasteiger partial charge on any atom is -0.392 e. The number of halogens is 1. The summed E-state index contributed by atoms with van der Waals surface area (Å²) >= 11 is 5.84. The summed E-state index contributed by atoms with van der Waals surface area (Å²) in [6, 6.07) is 6.91. The van der Waals surface area contributed by atoms with Crippen molar-refractivity contribution in [2.75, 3.05) is 11.9 Å². The molecule has 1 saturated carbocycles. The molecule has 3 N–H and O–H groups in total. The summed E-state index contributed by atoms with van der Waals surface area (Å²) in [5.41, 5.74) is 0.674. The van der Waals surface area contributed by atoms with Crippen molar-refractivity contribution >= 4 is 29.1 Å². The van der Waals surface area contributed by atoms with Gasteiger partial charge < -0.3 is 15.7 Å². The predicted octanol–water partition coefficient (Wildman–Crippen LogP) is 2.58. The van der Waals surface area contributed by atoms with E-state index in [-0.39, 0.29) is 30.2 Å². The van der Waals surface area contributed by atoms with E-state index in [4.69, 9.17) is 11.6 Å². The molecule has 1 aromatic carbocycles.